The van der Waals surface area contributed by atoms with Crippen LogP contribution in [0.25, 0.3) is 0 Å². The van der Waals surface area contributed by atoms with E-state index < -0.39 is 0 Å². The maximum atomic E-state index is 2.51. The molecule has 1 unspecified atom stereocenters. The first-order valence-corrected chi connectivity index (χ1v) is 7.24. The Kier molecular flexibility index (Phi) is 3.66. The van der Waals surface area contributed by atoms with Gasteiger partial charge in [0.05, 0.1) is 0 Å². The lowest BCUT2D eigenvalue weighted by Gasteiger charge is -2.21. The summed E-state index contributed by atoms with van der Waals surface area (Å²) in [5.74, 6) is 0.640. The molecule has 0 heteroatoms. The molecule has 2 aliphatic carbocycles. The molecule has 0 nitrogen and oxygen atoms in total. The Balaban J connectivity index is 2.34. The molecule has 0 amide bonds. The molecular weight excluding hydrogens is 216 g/mol. The highest BCUT2D eigenvalue weighted by Gasteiger charge is 2.31. The van der Waals surface area contributed by atoms with Crippen LogP contribution in [0.5, 0.6) is 0 Å². The van der Waals surface area contributed by atoms with Gasteiger partial charge in [-0.25, -0.2) is 0 Å². The molecule has 0 heterocycles. The van der Waals surface area contributed by atoms with E-state index >= 15 is 0 Å². The van der Waals surface area contributed by atoms with Crippen molar-refractivity contribution in [2.24, 2.45) is 11.3 Å². The van der Waals surface area contributed by atoms with E-state index in [9.17, 15) is 0 Å². The Hall–Kier alpha value is -1.04. The second-order valence-electron chi connectivity index (χ2n) is 6.29. The molecule has 0 N–H and O–H groups in total. The van der Waals surface area contributed by atoms with Gasteiger partial charge in [-0.3, -0.25) is 0 Å². The molecule has 0 aromatic heterocycles. The predicted octanol–water partition coefficient (Wildman–Crippen LogP) is 5.59. The van der Waals surface area contributed by atoms with Gasteiger partial charge in [-0.2, -0.15) is 0 Å². The summed E-state index contributed by atoms with van der Waals surface area (Å²) in [5, 5.41) is 0. The third-order valence-electron chi connectivity index (χ3n) is 4.68. The summed E-state index contributed by atoms with van der Waals surface area (Å²) in [6.45, 7) is 11.6. The van der Waals surface area contributed by atoms with Crippen molar-refractivity contribution >= 4 is 0 Å². The zero-order valence-corrected chi connectivity index (χ0v) is 12.5. The van der Waals surface area contributed by atoms with Gasteiger partial charge in [0.2, 0.25) is 0 Å². The van der Waals surface area contributed by atoms with Gasteiger partial charge in [-0.15, -0.1) is 0 Å². The molecule has 0 aromatic rings. The van der Waals surface area contributed by atoms with E-state index in [0.717, 1.165) is 6.42 Å². The second-order valence-corrected chi connectivity index (χ2v) is 6.29. The molecule has 2 aliphatic rings. The minimum Gasteiger partial charge on any atom is -0.0804 e. The molecule has 0 bridgehead atoms. The van der Waals surface area contributed by atoms with E-state index in [4.69, 9.17) is 0 Å². The van der Waals surface area contributed by atoms with Gasteiger partial charge < -0.3 is 0 Å². The smallest absolute Gasteiger partial charge is 0.00540 e. The summed E-state index contributed by atoms with van der Waals surface area (Å²) in [6.07, 6.45) is 13.0. The monoisotopic (exact) mass is 242 g/mol. The SMILES string of the molecule is CCCC(C1=CC=CC1)C1=CC(C)(C)C(C)=C1C. The van der Waals surface area contributed by atoms with Gasteiger partial charge in [-0.05, 0) is 37.8 Å². The van der Waals surface area contributed by atoms with Gasteiger partial charge >= 0.3 is 0 Å². The highest BCUT2D eigenvalue weighted by Crippen LogP contribution is 2.46. The molecule has 0 fully saturated rings. The topological polar surface area (TPSA) is 0 Å². The minimum atomic E-state index is 0.248. The summed E-state index contributed by atoms with van der Waals surface area (Å²) in [4.78, 5) is 0. The Morgan fingerprint density at radius 1 is 1.28 bits per heavy atom. The van der Waals surface area contributed by atoms with E-state index in [2.05, 4.69) is 58.9 Å². The lowest BCUT2D eigenvalue weighted by molar-refractivity contribution is 0.579. The summed E-state index contributed by atoms with van der Waals surface area (Å²) >= 11 is 0. The fourth-order valence-electron chi connectivity index (χ4n) is 3.22. The summed E-state index contributed by atoms with van der Waals surface area (Å²) in [6, 6.07) is 0. The lowest BCUT2D eigenvalue weighted by Crippen LogP contribution is -2.07. The molecule has 1 atom stereocenters. The van der Waals surface area contributed by atoms with E-state index in [-0.39, 0.29) is 5.41 Å². The third-order valence-corrected chi connectivity index (χ3v) is 4.68. The Morgan fingerprint density at radius 2 is 2.00 bits per heavy atom. The van der Waals surface area contributed by atoms with E-state index in [0.29, 0.717) is 5.92 Å². The molecule has 0 saturated heterocycles. The number of allylic oxidation sites excluding steroid dienone is 8. The highest BCUT2D eigenvalue weighted by atomic mass is 14.4. The van der Waals surface area contributed by atoms with Crippen molar-refractivity contribution < 1.29 is 0 Å². The first kappa shape index (κ1) is 13.4. The van der Waals surface area contributed by atoms with Crippen molar-refractivity contribution in [3.8, 4) is 0 Å². The van der Waals surface area contributed by atoms with Gasteiger partial charge in [0.1, 0.15) is 0 Å². The third kappa shape index (κ3) is 2.25. The van der Waals surface area contributed by atoms with Crippen molar-refractivity contribution in [1.29, 1.82) is 0 Å². The van der Waals surface area contributed by atoms with Gasteiger partial charge in [0.15, 0.2) is 0 Å². The molecule has 0 aromatic carbocycles. The maximum Gasteiger partial charge on any atom is 0.00540 e. The van der Waals surface area contributed by atoms with E-state index in [1.54, 1.807) is 16.7 Å². The van der Waals surface area contributed by atoms with Crippen molar-refractivity contribution in [1.82, 2.24) is 0 Å². The molecule has 0 aliphatic heterocycles. The average molecular weight is 242 g/mol. The van der Waals surface area contributed by atoms with Crippen LogP contribution in [0.2, 0.25) is 0 Å². The number of rotatable bonds is 4. The maximum absolute atomic E-state index is 2.51. The Bertz CT molecular complexity index is 452. The zero-order valence-electron chi connectivity index (χ0n) is 12.5. The molecule has 2 rings (SSSR count). The van der Waals surface area contributed by atoms with Gasteiger partial charge in [-0.1, -0.05) is 62.6 Å². The van der Waals surface area contributed by atoms with Crippen LogP contribution in [0.3, 0.4) is 0 Å². The standard InChI is InChI=1S/C18H26/c1-6-9-16(15-10-7-8-11-15)17-12-18(4,5)14(3)13(17)2/h7-8,10,12,16H,6,9,11H2,1-5H3. The normalized spacial score (nSPS) is 23.4. The fourth-order valence-corrected chi connectivity index (χ4v) is 3.22. The van der Waals surface area contributed by atoms with Crippen molar-refractivity contribution in [3.63, 3.8) is 0 Å². The molecule has 0 spiro atoms. The van der Waals surface area contributed by atoms with Gasteiger partial charge in [0, 0.05) is 11.3 Å². The molecule has 0 radical (unpaired) electrons. The summed E-state index contributed by atoms with van der Waals surface area (Å²) < 4.78 is 0. The van der Waals surface area contributed by atoms with Crippen LogP contribution in [-0.2, 0) is 0 Å². The summed E-state index contributed by atoms with van der Waals surface area (Å²) in [7, 11) is 0. The largest absolute Gasteiger partial charge is 0.0804 e. The molecule has 18 heavy (non-hydrogen) atoms. The first-order chi connectivity index (χ1) is 8.47. The fraction of sp³-hybridized carbons (Fsp3) is 0.556. The minimum absolute atomic E-state index is 0.248. The lowest BCUT2D eigenvalue weighted by atomic mass is 9.84. The second kappa shape index (κ2) is 4.91. The Labute approximate surface area is 112 Å². The van der Waals surface area contributed by atoms with Crippen LogP contribution in [-0.4, -0.2) is 0 Å². The molecule has 0 saturated carbocycles. The van der Waals surface area contributed by atoms with Crippen LogP contribution in [0.1, 0.15) is 53.9 Å². The highest BCUT2D eigenvalue weighted by molar-refractivity contribution is 5.50. The van der Waals surface area contributed by atoms with Gasteiger partial charge in [0.25, 0.3) is 0 Å². The number of hydrogen-bond acceptors (Lipinski definition) is 0. The van der Waals surface area contributed by atoms with Crippen molar-refractivity contribution in [3.05, 3.63) is 46.6 Å². The summed E-state index contributed by atoms with van der Waals surface area (Å²) in [5.41, 5.74) is 6.52. The van der Waals surface area contributed by atoms with Crippen LogP contribution in [0.4, 0.5) is 0 Å². The van der Waals surface area contributed by atoms with Crippen molar-refractivity contribution in [2.45, 2.75) is 53.9 Å². The predicted molar refractivity (Wildman–Crippen MR) is 80.5 cm³/mol. The van der Waals surface area contributed by atoms with E-state index in [1.807, 2.05) is 0 Å². The van der Waals surface area contributed by atoms with Crippen LogP contribution in [0.15, 0.2) is 46.6 Å². The average Bonchev–Trinajstić information content (AvgIpc) is 2.90. The number of hydrogen-bond donors (Lipinski definition) is 0. The van der Waals surface area contributed by atoms with Crippen LogP contribution < -0.4 is 0 Å². The quantitative estimate of drug-likeness (QED) is 0.602. The van der Waals surface area contributed by atoms with Crippen LogP contribution in [0, 0.1) is 11.3 Å². The molecule has 98 valence electrons. The zero-order chi connectivity index (χ0) is 13.3. The molecular formula is C18H26. The first-order valence-electron chi connectivity index (χ1n) is 7.24. The van der Waals surface area contributed by atoms with E-state index in [1.165, 1.54) is 18.4 Å². The van der Waals surface area contributed by atoms with Crippen LogP contribution >= 0.6 is 0 Å². The van der Waals surface area contributed by atoms with Crippen molar-refractivity contribution in [2.75, 3.05) is 0 Å². The Morgan fingerprint density at radius 3 is 2.44 bits per heavy atom.